The van der Waals surface area contributed by atoms with Crippen molar-refractivity contribution in [3.05, 3.63) is 35.4 Å². The summed E-state index contributed by atoms with van der Waals surface area (Å²) in [5, 5.41) is 2.40. The summed E-state index contributed by atoms with van der Waals surface area (Å²) in [5.74, 6) is -4.67. The van der Waals surface area contributed by atoms with Gasteiger partial charge in [-0.3, -0.25) is 23.7 Å². The second kappa shape index (κ2) is 14.5. The zero-order valence-corrected chi connectivity index (χ0v) is 20.8. The van der Waals surface area contributed by atoms with E-state index in [2.05, 4.69) is 5.32 Å². The van der Waals surface area contributed by atoms with Crippen molar-refractivity contribution in [2.75, 3.05) is 26.4 Å². The van der Waals surface area contributed by atoms with E-state index in [1.807, 2.05) is 0 Å². The maximum Gasteiger partial charge on any atom is 0.335 e. The van der Waals surface area contributed by atoms with E-state index in [1.165, 1.54) is 12.1 Å². The molecule has 11 nitrogen and oxygen atoms in total. The molecule has 0 aromatic heterocycles. The highest BCUT2D eigenvalue weighted by Gasteiger charge is 2.37. The van der Waals surface area contributed by atoms with Gasteiger partial charge in [0.05, 0.1) is 44.9 Å². The van der Waals surface area contributed by atoms with Crippen molar-refractivity contribution in [3.8, 4) is 0 Å². The number of hydrogen-bond acceptors (Lipinski definition) is 9. The molecule has 0 bridgehead atoms. The van der Waals surface area contributed by atoms with E-state index >= 15 is 0 Å². The summed E-state index contributed by atoms with van der Waals surface area (Å²) in [6.07, 6.45) is -0.478. The summed E-state index contributed by atoms with van der Waals surface area (Å²) in [5.41, 5.74) is 6.19. The lowest BCUT2D eigenvalue weighted by Crippen LogP contribution is -2.52. The van der Waals surface area contributed by atoms with Gasteiger partial charge in [-0.1, -0.05) is 12.1 Å². The molecule has 1 rings (SSSR count). The van der Waals surface area contributed by atoms with E-state index in [0.29, 0.717) is 5.56 Å². The number of esters is 2. The molecule has 1 aromatic rings. The monoisotopic (exact) mass is 500 g/mol. The quantitative estimate of drug-likeness (QED) is 0.272. The van der Waals surface area contributed by atoms with Gasteiger partial charge in [-0.2, -0.15) is 0 Å². The molecule has 0 unspecified atom stereocenters. The first-order valence-corrected chi connectivity index (χ1v) is 12.7. The maximum absolute atomic E-state index is 12.8. The van der Waals surface area contributed by atoms with Crippen LogP contribution in [0.3, 0.4) is 0 Å². The molecule has 0 aliphatic heterocycles. The summed E-state index contributed by atoms with van der Waals surface area (Å²) >= 11 is 0. The number of ether oxygens (including phenoxy) is 2. The summed E-state index contributed by atoms with van der Waals surface area (Å²) in [7, 11) is -3.32. The van der Waals surface area contributed by atoms with Crippen molar-refractivity contribution in [3.63, 3.8) is 0 Å². The molecule has 0 radical (unpaired) electrons. The molecule has 0 spiro atoms. The molecule has 1 aromatic carbocycles. The van der Waals surface area contributed by atoms with E-state index in [0.717, 1.165) is 0 Å². The van der Waals surface area contributed by atoms with Crippen molar-refractivity contribution >= 4 is 31.3 Å². The smallest absolute Gasteiger partial charge is 0.335 e. The molecule has 0 fully saturated rings. The molecule has 0 aliphatic carbocycles. The zero-order valence-electron chi connectivity index (χ0n) is 19.9. The first-order chi connectivity index (χ1) is 16.1. The molecule has 0 aliphatic rings. The highest BCUT2D eigenvalue weighted by Crippen LogP contribution is 2.51. The van der Waals surface area contributed by atoms with Gasteiger partial charge in [0.1, 0.15) is 6.04 Å². The lowest BCUT2D eigenvalue weighted by atomic mass is 9.95. The van der Waals surface area contributed by atoms with Crippen molar-refractivity contribution in [2.24, 2.45) is 11.7 Å². The van der Waals surface area contributed by atoms with Gasteiger partial charge in [-0.05, 0) is 45.4 Å². The molecule has 0 saturated heterocycles. The van der Waals surface area contributed by atoms with Gasteiger partial charge in [-0.25, -0.2) is 0 Å². The zero-order chi connectivity index (χ0) is 25.7. The number of nitrogens with two attached hydrogens (primary N) is 1. The normalized spacial score (nSPS) is 12.9. The van der Waals surface area contributed by atoms with Gasteiger partial charge in [0.15, 0.2) is 0 Å². The summed E-state index contributed by atoms with van der Waals surface area (Å²) in [4.78, 5) is 49.2. The van der Waals surface area contributed by atoms with Crippen molar-refractivity contribution in [2.45, 2.75) is 46.3 Å². The van der Waals surface area contributed by atoms with Crippen molar-refractivity contribution < 1.29 is 42.3 Å². The molecule has 12 heteroatoms. The van der Waals surface area contributed by atoms with E-state index < -0.39 is 49.7 Å². The van der Waals surface area contributed by atoms with Crippen LogP contribution in [-0.4, -0.2) is 56.2 Å². The van der Waals surface area contributed by atoms with E-state index in [9.17, 15) is 23.7 Å². The number of benzene rings is 1. The maximum atomic E-state index is 12.8. The largest absolute Gasteiger partial charge is 0.466 e. The predicted molar refractivity (Wildman–Crippen MR) is 123 cm³/mol. The number of nitrogens with one attached hydrogen (secondary N) is 1. The van der Waals surface area contributed by atoms with Gasteiger partial charge in [-0.15, -0.1) is 0 Å². The van der Waals surface area contributed by atoms with Crippen LogP contribution >= 0.6 is 7.60 Å². The van der Waals surface area contributed by atoms with Crippen LogP contribution in [-0.2, 0) is 43.6 Å². The minimum absolute atomic E-state index is 0.00635. The molecular formula is C22H33N2O9P. The minimum Gasteiger partial charge on any atom is -0.466 e. The van der Waals surface area contributed by atoms with Crippen LogP contribution in [0.4, 0.5) is 0 Å². The van der Waals surface area contributed by atoms with Gasteiger partial charge >= 0.3 is 19.5 Å². The van der Waals surface area contributed by atoms with Crippen LogP contribution < -0.4 is 11.1 Å². The average molecular weight is 500 g/mol. The van der Waals surface area contributed by atoms with E-state index in [4.69, 9.17) is 24.3 Å². The minimum atomic E-state index is -3.32. The van der Waals surface area contributed by atoms with Crippen molar-refractivity contribution in [1.82, 2.24) is 5.32 Å². The van der Waals surface area contributed by atoms with E-state index in [-0.39, 0.29) is 38.2 Å². The number of carbonyl (C=O) groups excluding carboxylic acids is 4. The number of rotatable bonds is 15. The molecule has 34 heavy (non-hydrogen) atoms. The van der Waals surface area contributed by atoms with Crippen LogP contribution in [0.5, 0.6) is 0 Å². The second-order valence-corrected chi connectivity index (χ2v) is 9.08. The third-order valence-electron chi connectivity index (χ3n) is 4.52. The third-order valence-corrected chi connectivity index (χ3v) is 6.58. The average Bonchev–Trinajstić information content (AvgIpc) is 2.76. The van der Waals surface area contributed by atoms with Gasteiger partial charge in [0.25, 0.3) is 5.91 Å². The number of amides is 2. The Bertz CT molecular complexity index is 879. The lowest BCUT2D eigenvalue weighted by Gasteiger charge is -2.23. The molecule has 2 amide bonds. The first-order valence-electron chi connectivity index (χ1n) is 11.0. The van der Waals surface area contributed by atoms with Gasteiger partial charge in [0, 0.05) is 5.56 Å². The highest BCUT2D eigenvalue weighted by molar-refractivity contribution is 7.53. The number of hydrogen-bond donors (Lipinski definition) is 2. The molecule has 0 saturated carbocycles. The van der Waals surface area contributed by atoms with Crippen LogP contribution in [0.1, 0.15) is 50.0 Å². The fraction of sp³-hybridized carbons (Fsp3) is 0.545. The van der Waals surface area contributed by atoms with Crippen LogP contribution in [0.2, 0.25) is 0 Å². The first kappa shape index (κ1) is 29.3. The summed E-state index contributed by atoms with van der Waals surface area (Å²) in [6.45, 7) is 7.10. The number of carbonyl (C=O) groups is 4. The second-order valence-electron chi connectivity index (χ2n) is 7.02. The third kappa shape index (κ3) is 9.24. The Morgan fingerprint density at radius 3 is 1.94 bits per heavy atom. The predicted octanol–water partition coefficient (Wildman–Crippen LogP) is 2.17. The molecular weight excluding hydrogens is 467 g/mol. The molecule has 2 atom stereocenters. The lowest BCUT2D eigenvalue weighted by molar-refractivity contribution is -0.156. The Hall–Kier alpha value is -2.75. The fourth-order valence-electron chi connectivity index (χ4n) is 3.09. The summed E-state index contributed by atoms with van der Waals surface area (Å²) < 4.78 is 33.0. The Morgan fingerprint density at radius 2 is 1.47 bits per heavy atom. The Labute approximate surface area is 199 Å². The van der Waals surface area contributed by atoms with Crippen LogP contribution in [0.15, 0.2) is 24.3 Å². The van der Waals surface area contributed by atoms with E-state index in [1.54, 1.807) is 39.8 Å². The molecule has 190 valence electrons. The molecule has 0 heterocycles. The Kier molecular flexibility index (Phi) is 12.5. The van der Waals surface area contributed by atoms with Crippen LogP contribution in [0.25, 0.3) is 0 Å². The van der Waals surface area contributed by atoms with Gasteiger partial charge < -0.3 is 29.6 Å². The fourth-order valence-corrected chi connectivity index (χ4v) is 4.79. The standard InChI is InChI=1S/C22H33N2O9P/c1-5-30-18(25)13-17(22(28)31-6-2)19(20(23)26)24-21(27)16-11-9-15(10-12-16)14-34(29,32-7-3)33-8-4/h9-12,17,19H,5-8,13-14H2,1-4H3,(H2,23,26)(H,24,27)/t17-,19+/m1/s1. The highest BCUT2D eigenvalue weighted by atomic mass is 31.2. The number of primary amides is 1. The Morgan fingerprint density at radius 1 is 0.912 bits per heavy atom. The Balaban J connectivity index is 3.05. The molecule has 3 N–H and O–H groups in total. The van der Waals surface area contributed by atoms with Crippen molar-refractivity contribution in [1.29, 1.82) is 0 Å². The SMILES string of the molecule is CCOC(=O)C[C@@H](C(=O)OCC)[C@H](NC(=O)c1ccc(CP(=O)(OCC)OCC)cc1)C(N)=O. The topological polar surface area (TPSA) is 160 Å². The summed E-state index contributed by atoms with van der Waals surface area (Å²) in [6, 6.07) is 4.54. The van der Waals surface area contributed by atoms with Gasteiger partial charge in [0.2, 0.25) is 5.91 Å². The van der Waals surface area contributed by atoms with Crippen LogP contribution in [0, 0.1) is 5.92 Å².